The minimum Gasteiger partial charge on any atom is -0.354 e. The highest BCUT2D eigenvalue weighted by Crippen LogP contribution is 2.23. The molecule has 0 atom stereocenters. The van der Waals surface area contributed by atoms with E-state index >= 15 is 0 Å². The minimum absolute atomic E-state index is 0.0563. The van der Waals surface area contributed by atoms with Gasteiger partial charge >= 0.3 is 0 Å². The van der Waals surface area contributed by atoms with Crippen molar-refractivity contribution in [3.8, 4) is 0 Å². The second-order valence-electron chi connectivity index (χ2n) is 3.72. The monoisotopic (exact) mass is 231 g/mol. The number of nitrogens with one attached hydrogen (secondary N) is 1. The van der Waals surface area contributed by atoms with Gasteiger partial charge in [-0.25, -0.2) is 4.39 Å². The fourth-order valence-corrected chi connectivity index (χ4v) is 1.76. The molecule has 1 aromatic heterocycles. The van der Waals surface area contributed by atoms with E-state index in [-0.39, 0.29) is 11.4 Å². The van der Waals surface area contributed by atoms with Crippen LogP contribution in [0.2, 0.25) is 0 Å². The molecule has 1 saturated heterocycles. The summed E-state index contributed by atoms with van der Waals surface area (Å²) >= 11 is 0. The molecule has 0 unspecified atom stereocenters. The molecular weight excluding hydrogens is 219 g/mol. The number of rotatable bonds is 1. The van der Waals surface area contributed by atoms with Gasteiger partial charge in [0, 0.05) is 31.7 Å². The highest BCUT2D eigenvalue weighted by atomic mass is 19.2. The molecule has 3 nitrogen and oxygen atoms in total. The summed E-state index contributed by atoms with van der Waals surface area (Å²) in [5.74, 6) is -3.84. The van der Waals surface area contributed by atoms with Gasteiger partial charge in [0.25, 0.3) is 5.95 Å². The molecule has 16 heavy (non-hydrogen) atoms. The summed E-state index contributed by atoms with van der Waals surface area (Å²) in [6.45, 7) is 4.07. The highest BCUT2D eigenvalue weighted by molar-refractivity contribution is 5.47. The van der Waals surface area contributed by atoms with Crippen molar-refractivity contribution in [1.82, 2.24) is 10.3 Å². The van der Waals surface area contributed by atoms with Gasteiger partial charge in [-0.15, -0.1) is 0 Å². The molecule has 1 aromatic rings. The maximum absolute atomic E-state index is 13.3. The second-order valence-corrected chi connectivity index (χ2v) is 3.72. The van der Waals surface area contributed by atoms with Crippen molar-refractivity contribution in [2.75, 3.05) is 31.1 Å². The molecule has 0 aromatic carbocycles. The average Bonchev–Trinajstić information content (AvgIpc) is 2.32. The van der Waals surface area contributed by atoms with E-state index in [1.165, 1.54) is 6.92 Å². The quantitative estimate of drug-likeness (QED) is 0.736. The lowest BCUT2D eigenvalue weighted by atomic mass is 10.2. The minimum atomic E-state index is -1.50. The maximum atomic E-state index is 13.3. The number of pyridine rings is 1. The van der Waals surface area contributed by atoms with Gasteiger partial charge in [0.1, 0.15) is 5.82 Å². The van der Waals surface area contributed by atoms with E-state index in [0.717, 1.165) is 13.1 Å². The van der Waals surface area contributed by atoms with Crippen LogP contribution in [0.3, 0.4) is 0 Å². The Morgan fingerprint density at radius 3 is 2.38 bits per heavy atom. The third-order valence-corrected chi connectivity index (χ3v) is 2.66. The molecule has 0 radical (unpaired) electrons. The highest BCUT2D eigenvalue weighted by Gasteiger charge is 2.22. The number of hydrogen-bond donors (Lipinski definition) is 1. The molecule has 0 spiro atoms. The van der Waals surface area contributed by atoms with Crippen LogP contribution < -0.4 is 10.2 Å². The first-order valence-electron chi connectivity index (χ1n) is 5.08. The van der Waals surface area contributed by atoms with E-state index in [9.17, 15) is 13.2 Å². The summed E-state index contributed by atoms with van der Waals surface area (Å²) in [6.07, 6.45) is 0. The molecule has 0 bridgehead atoms. The first-order chi connectivity index (χ1) is 7.61. The predicted octanol–water partition coefficient (Wildman–Crippen LogP) is 1.22. The second kappa shape index (κ2) is 4.29. The lowest BCUT2D eigenvalue weighted by Gasteiger charge is -2.29. The third-order valence-electron chi connectivity index (χ3n) is 2.66. The fraction of sp³-hybridized carbons (Fsp3) is 0.500. The first kappa shape index (κ1) is 11.2. The van der Waals surface area contributed by atoms with Crippen LogP contribution in [0.15, 0.2) is 0 Å². The van der Waals surface area contributed by atoms with Gasteiger partial charge in [-0.05, 0) is 6.92 Å². The Labute approximate surface area is 91.3 Å². The van der Waals surface area contributed by atoms with Crippen molar-refractivity contribution in [3.05, 3.63) is 23.1 Å². The average molecular weight is 231 g/mol. The van der Waals surface area contributed by atoms with Crippen molar-refractivity contribution >= 4 is 5.82 Å². The molecule has 1 N–H and O–H groups in total. The van der Waals surface area contributed by atoms with Crippen LogP contribution in [0.5, 0.6) is 0 Å². The van der Waals surface area contributed by atoms with Gasteiger partial charge < -0.3 is 10.2 Å². The largest absolute Gasteiger partial charge is 0.354 e. The van der Waals surface area contributed by atoms with Gasteiger partial charge in [-0.3, -0.25) is 0 Å². The molecule has 0 amide bonds. The molecule has 6 heteroatoms. The van der Waals surface area contributed by atoms with Crippen molar-refractivity contribution in [2.45, 2.75) is 6.92 Å². The SMILES string of the molecule is Cc1c(N2CCNCC2)nc(F)c(F)c1F. The summed E-state index contributed by atoms with van der Waals surface area (Å²) in [6, 6.07) is 0. The molecule has 2 heterocycles. The third kappa shape index (κ3) is 1.84. The number of nitrogens with zero attached hydrogens (tertiary/aromatic N) is 2. The Balaban J connectivity index is 2.40. The van der Waals surface area contributed by atoms with E-state index in [0.29, 0.717) is 13.1 Å². The molecule has 0 saturated carbocycles. The summed E-state index contributed by atoms with van der Waals surface area (Å²) in [5.41, 5.74) is 0.0563. The van der Waals surface area contributed by atoms with Gasteiger partial charge in [-0.2, -0.15) is 13.8 Å². The van der Waals surface area contributed by atoms with Gasteiger partial charge in [0.2, 0.25) is 5.82 Å². The van der Waals surface area contributed by atoms with Crippen molar-refractivity contribution in [3.63, 3.8) is 0 Å². The zero-order chi connectivity index (χ0) is 11.7. The van der Waals surface area contributed by atoms with E-state index < -0.39 is 17.6 Å². The normalized spacial score (nSPS) is 16.6. The van der Waals surface area contributed by atoms with E-state index in [1.54, 1.807) is 4.90 Å². The molecule has 1 aliphatic heterocycles. The van der Waals surface area contributed by atoms with Gasteiger partial charge in [0.15, 0.2) is 5.82 Å². The molecule has 2 rings (SSSR count). The van der Waals surface area contributed by atoms with Gasteiger partial charge in [0.05, 0.1) is 0 Å². The number of aromatic nitrogens is 1. The Kier molecular flexibility index (Phi) is 3.00. The Morgan fingerprint density at radius 1 is 1.12 bits per heavy atom. The van der Waals surface area contributed by atoms with Crippen LogP contribution in [0.4, 0.5) is 19.0 Å². The van der Waals surface area contributed by atoms with Crippen LogP contribution in [0.25, 0.3) is 0 Å². The topological polar surface area (TPSA) is 28.2 Å². The lowest BCUT2D eigenvalue weighted by molar-refractivity contribution is 0.421. The molecular formula is C10H12F3N3. The Hall–Kier alpha value is -1.30. The van der Waals surface area contributed by atoms with Crippen LogP contribution in [-0.4, -0.2) is 31.2 Å². The summed E-state index contributed by atoms with van der Waals surface area (Å²) in [7, 11) is 0. The van der Waals surface area contributed by atoms with Crippen molar-refractivity contribution in [2.24, 2.45) is 0 Å². The van der Waals surface area contributed by atoms with Crippen LogP contribution in [0, 0.1) is 24.5 Å². The van der Waals surface area contributed by atoms with Crippen molar-refractivity contribution in [1.29, 1.82) is 0 Å². The fourth-order valence-electron chi connectivity index (χ4n) is 1.76. The molecule has 1 aliphatic rings. The smallest absolute Gasteiger partial charge is 0.253 e. The van der Waals surface area contributed by atoms with Crippen LogP contribution >= 0.6 is 0 Å². The van der Waals surface area contributed by atoms with E-state index in [1.807, 2.05) is 0 Å². The van der Waals surface area contributed by atoms with E-state index in [4.69, 9.17) is 0 Å². The summed E-state index contributed by atoms with van der Waals surface area (Å²) in [4.78, 5) is 5.22. The number of anilines is 1. The number of piperazine rings is 1. The lowest BCUT2D eigenvalue weighted by Crippen LogP contribution is -2.44. The predicted molar refractivity (Wildman–Crippen MR) is 53.9 cm³/mol. The van der Waals surface area contributed by atoms with Crippen molar-refractivity contribution < 1.29 is 13.2 Å². The molecule has 0 aliphatic carbocycles. The van der Waals surface area contributed by atoms with Gasteiger partial charge in [-0.1, -0.05) is 0 Å². The standard InChI is InChI=1S/C10H12F3N3/c1-6-7(11)8(12)9(13)15-10(6)16-4-2-14-3-5-16/h14H,2-5H2,1H3. The summed E-state index contributed by atoms with van der Waals surface area (Å²) in [5, 5.41) is 3.11. The molecule has 88 valence electrons. The van der Waals surface area contributed by atoms with E-state index in [2.05, 4.69) is 10.3 Å². The number of halogens is 3. The zero-order valence-electron chi connectivity index (χ0n) is 8.86. The Bertz CT molecular complexity index is 403. The first-order valence-corrected chi connectivity index (χ1v) is 5.08. The zero-order valence-corrected chi connectivity index (χ0v) is 8.86. The van der Waals surface area contributed by atoms with Crippen LogP contribution in [-0.2, 0) is 0 Å². The molecule has 1 fully saturated rings. The summed E-state index contributed by atoms with van der Waals surface area (Å²) < 4.78 is 39.2. The maximum Gasteiger partial charge on any atom is 0.253 e. The number of hydrogen-bond acceptors (Lipinski definition) is 3. The van der Waals surface area contributed by atoms with Crippen LogP contribution in [0.1, 0.15) is 5.56 Å². The Morgan fingerprint density at radius 2 is 1.75 bits per heavy atom.